The number of anilines is 1. The van der Waals surface area contributed by atoms with Crippen LogP contribution in [0.2, 0.25) is 0 Å². The van der Waals surface area contributed by atoms with Crippen LogP contribution in [0, 0.1) is 6.92 Å². The first-order valence-corrected chi connectivity index (χ1v) is 6.74. The first-order valence-electron chi connectivity index (χ1n) is 6.74. The van der Waals surface area contributed by atoms with E-state index in [1.54, 1.807) is 0 Å². The van der Waals surface area contributed by atoms with Crippen molar-refractivity contribution < 1.29 is 0 Å². The summed E-state index contributed by atoms with van der Waals surface area (Å²) < 4.78 is 0. The number of rotatable bonds is 3. The van der Waals surface area contributed by atoms with Gasteiger partial charge in [-0.15, -0.1) is 0 Å². The van der Waals surface area contributed by atoms with Gasteiger partial charge in [0.05, 0.1) is 11.4 Å². The maximum Gasteiger partial charge on any atom is 0.238 e. The van der Waals surface area contributed by atoms with Crippen LogP contribution >= 0.6 is 0 Å². The van der Waals surface area contributed by atoms with Crippen LogP contribution in [0.25, 0.3) is 22.5 Å². The van der Waals surface area contributed by atoms with Crippen molar-refractivity contribution in [2.45, 2.75) is 6.92 Å². The van der Waals surface area contributed by atoms with Crippen LogP contribution in [-0.2, 0) is 0 Å². The second-order valence-electron chi connectivity index (χ2n) is 4.84. The van der Waals surface area contributed by atoms with Gasteiger partial charge >= 0.3 is 0 Å². The van der Waals surface area contributed by atoms with E-state index in [-0.39, 0.29) is 0 Å². The van der Waals surface area contributed by atoms with Crippen molar-refractivity contribution in [1.29, 1.82) is 0 Å². The van der Waals surface area contributed by atoms with E-state index in [9.17, 15) is 0 Å². The van der Waals surface area contributed by atoms with Crippen molar-refractivity contribution in [2.75, 3.05) is 5.43 Å². The van der Waals surface area contributed by atoms with Crippen LogP contribution in [0.3, 0.4) is 0 Å². The van der Waals surface area contributed by atoms with Crippen LogP contribution in [0.15, 0.2) is 60.7 Å². The van der Waals surface area contributed by atoms with Crippen molar-refractivity contribution in [1.82, 2.24) is 9.97 Å². The van der Waals surface area contributed by atoms with Crippen LogP contribution in [0.1, 0.15) is 5.56 Å². The second kappa shape index (κ2) is 5.73. The number of nitrogen functional groups attached to an aromatic ring is 1. The number of nitrogens with one attached hydrogen (secondary N) is 1. The molecule has 0 aliphatic rings. The zero-order chi connectivity index (χ0) is 14.7. The smallest absolute Gasteiger partial charge is 0.238 e. The molecular formula is C17H16N4. The molecule has 21 heavy (non-hydrogen) atoms. The van der Waals surface area contributed by atoms with Gasteiger partial charge in [-0.3, -0.25) is 5.43 Å². The fourth-order valence-corrected chi connectivity index (χ4v) is 2.22. The molecule has 4 heteroatoms. The first-order chi connectivity index (χ1) is 10.3. The van der Waals surface area contributed by atoms with Gasteiger partial charge in [0.1, 0.15) is 0 Å². The molecule has 104 valence electrons. The van der Waals surface area contributed by atoms with Crippen LogP contribution in [-0.4, -0.2) is 9.97 Å². The quantitative estimate of drug-likeness (QED) is 0.568. The lowest BCUT2D eigenvalue weighted by Gasteiger charge is -2.08. The molecule has 0 saturated carbocycles. The van der Waals surface area contributed by atoms with E-state index in [0.717, 1.165) is 22.5 Å². The van der Waals surface area contributed by atoms with E-state index in [1.807, 2.05) is 48.5 Å². The van der Waals surface area contributed by atoms with Crippen LogP contribution < -0.4 is 11.3 Å². The van der Waals surface area contributed by atoms with Gasteiger partial charge in [0.15, 0.2) is 0 Å². The molecule has 0 unspecified atom stereocenters. The number of hydrogen-bond donors (Lipinski definition) is 2. The number of nitrogens with two attached hydrogens (primary N) is 1. The Morgan fingerprint density at radius 1 is 0.810 bits per heavy atom. The average Bonchev–Trinajstić information content (AvgIpc) is 2.55. The van der Waals surface area contributed by atoms with Gasteiger partial charge in [0.25, 0.3) is 0 Å². The Morgan fingerprint density at radius 3 is 2.14 bits per heavy atom. The van der Waals surface area contributed by atoms with Gasteiger partial charge < -0.3 is 0 Å². The third kappa shape index (κ3) is 2.90. The van der Waals surface area contributed by atoms with Gasteiger partial charge in [-0.05, 0) is 19.1 Å². The van der Waals surface area contributed by atoms with Crippen molar-refractivity contribution in [3.8, 4) is 22.5 Å². The Bertz CT molecular complexity index is 754. The minimum atomic E-state index is 0.410. The SMILES string of the molecule is Cc1cccc(-c2cc(-c3ccccc3)nc(NN)n2)c1. The second-order valence-corrected chi connectivity index (χ2v) is 4.84. The molecule has 1 heterocycles. The summed E-state index contributed by atoms with van der Waals surface area (Å²) in [6.07, 6.45) is 0. The fourth-order valence-electron chi connectivity index (χ4n) is 2.22. The molecule has 0 bridgehead atoms. The Morgan fingerprint density at radius 2 is 1.48 bits per heavy atom. The highest BCUT2D eigenvalue weighted by atomic mass is 15.3. The van der Waals surface area contributed by atoms with Crippen molar-refractivity contribution >= 4 is 5.95 Å². The highest BCUT2D eigenvalue weighted by Crippen LogP contribution is 2.25. The lowest BCUT2D eigenvalue weighted by molar-refractivity contribution is 1.12. The Labute approximate surface area is 123 Å². The Kier molecular flexibility index (Phi) is 3.62. The summed E-state index contributed by atoms with van der Waals surface area (Å²) in [5.74, 6) is 5.91. The molecule has 0 spiro atoms. The normalized spacial score (nSPS) is 10.4. The number of hydrazine groups is 1. The van der Waals surface area contributed by atoms with Gasteiger partial charge in [0.2, 0.25) is 5.95 Å². The maximum absolute atomic E-state index is 5.50. The van der Waals surface area contributed by atoms with E-state index >= 15 is 0 Å². The van der Waals surface area contributed by atoms with Crippen molar-refractivity contribution in [3.63, 3.8) is 0 Å². The lowest BCUT2D eigenvalue weighted by atomic mass is 10.1. The van der Waals surface area contributed by atoms with Gasteiger partial charge in [-0.2, -0.15) is 0 Å². The van der Waals surface area contributed by atoms with Crippen LogP contribution in [0.5, 0.6) is 0 Å². The highest BCUT2D eigenvalue weighted by molar-refractivity contribution is 5.69. The topological polar surface area (TPSA) is 63.8 Å². The monoisotopic (exact) mass is 276 g/mol. The Balaban J connectivity index is 2.14. The molecule has 0 fully saturated rings. The van der Waals surface area contributed by atoms with E-state index in [0.29, 0.717) is 5.95 Å². The summed E-state index contributed by atoms with van der Waals surface area (Å²) in [6, 6.07) is 20.2. The van der Waals surface area contributed by atoms with E-state index in [1.165, 1.54) is 5.56 Å². The van der Waals surface area contributed by atoms with E-state index in [2.05, 4.69) is 34.5 Å². The lowest BCUT2D eigenvalue weighted by Crippen LogP contribution is -2.11. The zero-order valence-electron chi connectivity index (χ0n) is 11.7. The molecule has 3 rings (SSSR count). The molecule has 3 aromatic rings. The molecular weight excluding hydrogens is 260 g/mol. The summed E-state index contributed by atoms with van der Waals surface area (Å²) in [7, 11) is 0. The number of aryl methyl sites for hydroxylation is 1. The van der Waals surface area contributed by atoms with Gasteiger partial charge in [-0.1, -0.05) is 54.1 Å². The minimum absolute atomic E-state index is 0.410. The van der Waals surface area contributed by atoms with Crippen LogP contribution in [0.4, 0.5) is 5.95 Å². The number of hydrogen-bond acceptors (Lipinski definition) is 4. The molecule has 0 aliphatic heterocycles. The minimum Gasteiger partial charge on any atom is -0.292 e. The number of benzene rings is 2. The van der Waals surface area contributed by atoms with Gasteiger partial charge in [-0.25, -0.2) is 15.8 Å². The summed E-state index contributed by atoms with van der Waals surface area (Å²) in [5, 5.41) is 0. The number of aromatic nitrogens is 2. The third-order valence-electron chi connectivity index (χ3n) is 3.24. The predicted molar refractivity (Wildman–Crippen MR) is 85.5 cm³/mol. The molecule has 0 atom stereocenters. The first kappa shape index (κ1) is 13.3. The largest absolute Gasteiger partial charge is 0.292 e. The highest BCUT2D eigenvalue weighted by Gasteiger charge is 2.07. The van der Waals surface area contributed by atoms with E-state index in [4.69, 9.17) is 5.84 Å². The molecule has 0 amide bonds. The fraction of sp³-hybridized carbons (Fsp3) is 0.0588. The molecule has 1 aromatic heterocycles. The summed E-state index contributed by atoms with van der Waals surface area (Å²) >= 11 is 0. The average molecular weight is 276 g/mol. The van der Waals surface area contributed by atoms with Crippen molar-refractivity contribution in [2.24, 2.45) is 5.84 Å². The van der Waals surface area contributed by atoms with Crippen molar-refractivity contribution in [3.05, 3.63) is 66.2 Å². The summed E-state index contributed by atoms with van der Waals surface area (Å²) in [5.41, 5.74) is 7.50. The molecule has 0 radical (unpaired) electrons. The molecule has 0 aliphatic carbocycles. The third-order valence-corrected chi connectivity index (χ3v) is 3.24. The van der Waals surface area contributed by atoms with E-state index < -0.39 is 0 Å². The molecule has 0 saturated heterocycles. The van der Waals surface area contributed by atoms with Gasteiger partial charge in [0, 0.05) is 11.1 Å². The summed E-state index contributed by atoms with van der Waals surface area (Å²) in [4.78, 5) is 8.86. The molecule has 3 N–H and O–H groups in total. The number of nitrogens with zero attached hydrogens (tertiary/aromatic N) is 2. The zero-order valence-corrected chi connectivity index (χ0v) is 11.7. The molecule has 4 nitrogen and oxygen atoms in total. The molecule has 2 aromatic carbocycles. The predicted octanol–water partition coefficient (Wildman–Crippen LogP) is 3.40. The Hall–Kier alpha value is -2.72. The standard InChI is InChI=1S/C17H16N4/c1-12-6-5-9-14(10-12)16-11-15(19-17(20-16)21-18)13-7-3-2-4-8-13/h2-11H,18H2,1H3,(H,19,20,21). The maximum atomic E-state index is 5.50. The summed E-state index contributed by atoms with van der Waals surface area (Å²) in [6.45, 7) is 2.06.